The largest absolute Gasteiger partial charge is 0.370 e. The zero-order valence-corrected chi connectivity index (χ0v) is 11.0. The molecule has 0 aromatic heterocycles. The van der Waals surface area contributed by atoms with Crippen LogP contribution in [0.15, 0.2) is 29.4 Å². The third-order valence-electron chi connectivity index (χ3n) is 2.53. The van der Waals surface area contributed by atoms with E-state index >= 15 is 0 Å². The summed E-state index contributed by atoms with van der Waals surface area (Å²) in [6, 6.07) is 7.01. The highest BCUT2D eigenvalue weighted by Crippen LogP contribution is 2.19. The summed E-state index contributed by atoms with van der Waals surface area (Å²) < 4.78 is 0. The summed E-state index contributed by atoms with van der Waals surface area (Å²) in [5, 5.41) is 5.56. The van der Waals surface area contributed by atoms with Crippen LogP contribution in [0.2, 0.25) is 0 Å². The van der Waals surface area contributed by atoms with Crippen molar-refractivity contribution in [3.63, 3.8) is 0 Å². The lowest BCUT2D eigenvalue weighted by atomic mass is 10.2. The monoisotopic (exact) mass is 269 g/mol. The van der Waals surface area contributed by atoms with Crippen molar-refractivity contribution in [1.29, 1.82) is 0 Å². The molecular weight excluding hydrogens is 254 g/mol. The Morgan fingerprint density at radius 1 is 1.39 bits per heavy atom. The van der Waals surface area contributed by atoms with E-state index < -0.39 is 0 Å². The Morgan fingerprint density at radius 3 is 2.56 bits per heavy atom. The molecule has 0 spiro atoms. The minimum atomic E-state index is -0.173. The van der Waals surface area contributed by atoms with Crippen molar-refractivity contribution in [3.05, 3.63) is 29.2 Å². The van der Waals surface area contributed by atoms with Crippen LogP contribution >= 0.6 is 11.6 Å². The van der Waals surface area contributed by atoms with Crippen LogP contribution in [-0.2, 0) is 4.79 Å². The highest BCUT2D eigenvalue weighted by atomic mass is 35.5. The van der Waals surface area contributed by atoms with Gasteiger partial charge in [-0.2, -0.15) is 0 Å². The molecule has 1 aromatic rings. The molecule has 0 heterocycles. The SMILES string of the molecule is CCN(CCNC(=O)CCl)c1ccc(N=O)cc1. The predicted molar refractivity (Wildman–Crippen MR) is 73.5 cm³/mol. The number of carbonyl (C=O) groups is 1. The first-order valence-corrected chi connectivity index (χ1v) is 6.25. The maximum atomic E-state index is 11.0. The topological polar surface area (TPSA) is 61.8 Å². The summed E-state index contributed by atoms with van der Waals surface area (Å²) in [6.45, 7) is 4.06. The Balaban J connectivity index is 2.53. The highest BCUT2D eigenvalue weighted by molar-refractivity contribution is 6.27. The molecule has 1 aromatic carbocycles. The predicted octanol–water partition coefficient (Wildman–Crippen LogP) is 2.27. The van der Waals surface area contributed by atoms with Crippen molar-refractivity contribution in [2.45, 2.75) is 6.92 Å². The smallest absolute Gasteiger partial charge is 0.234 e. The minimum absolute atomic E-state index is 0.0220. The van der Waals surface area contributed by atoms with Crippen molar-refractivity contribution in [1.82, 2.24) is 5.32 Å². The average Bonchev–Trinajstić information content (AvgIpc) is 2.43. The average molecular weight is 270 g/mol. The van der Waals surface area contributed by atoms with E-state index in [1.54, 1.807) is 12.1 Å². The van der Waals surface area contributed by atoms with E-state index in [1.807, 2.05) is 19.1 Å². The molecule has 5 nitrogen and oxygen atoms in total. The van der Waals surface area contributed by atoms with Gasteiger partial charge in [0.1, 0.15) is 11.6 Å². The second-order valence-corrected chi connectivity index (χ2v) is 3.94. The zero-order chi connectivity index (χ0) is 13.4. The number of benzene rings is 1. The van der Waals surface area contributed by atoms with Crippen LogP contribution in [0.5, 0.6) is 0 Å². The van der Waals surface area contributed by atoms with Gasteiger partial charge in [0.2, 0.25) is 5.91 Å². The van der Waals surface area contributed by atoms with E-state index in [9.17, 15) is 9.70 Å². The molecule has 0 bridgehead atoms. The van der Waals surface area contributed by atoms with Gasteiger partial charge in [-0.15, -0.1) is 16.5 Å². The number of likely N-dealkylation sites (N-methyl/N-ethyl adjacent to an activating group) is 1. The van der Waals surface area contributed by atoms with Crippen LogP contribution in [-0.4, -0.2) is 31.4 Å². The summed E-state index contributed by atoms with van der Waals surface area (Å²) in [5.41, 5.74) is 1.40. The number of carbonyl (C=O) groups excluding carboxylic acids is 1. The van der Waals surface area contributed by atoms with Gasteiger partial charge in [0.05, 0.1) is 0 Å². The van der Waals surface area contributed by atoms with Gasteiger partial charge in [0.25, 0.3) is 0 Å². The minimum Gasteiger partial charge on any atom is -0.370 e. The number of hydrogen-bond donors (Lipinski definition) is 1. The number of nitrogens with one attached hydrogen (secondary N) is 1. The summed E-state index contributed by atoms with van der Waals surface area (Å²) in [6.07, 6.45) is 0. The third-order valence-corrected chi connectivity index (χ3v) is 2.77. The van der Waals surface area contributed by atoms with Crippen LogP contribution < -0.4 is 10.2 Å². The van der Waals surface area contributed by atoms with Crippen molar-refractivity contribution in [3.8, 4) is 0 Å². The van der Waals surface area contributed by atoms with Gasteiger partial charge >= 0.3 is 0 Å². The van der Waals surface area contributed by atoms with E-state index in [4.69, 9.17) is 11.6 Å². The molecule has 0 aliphatic carbocycles. The maximum absolute atomic E-state index is 11.0. The van der Waals surface area contributed by atoms with E-state index in [1.165, 1.54) is 0 Å². The summed E-state index contributed by atoms with van der Waals surface area (Å²) >= 11 is 5.39. The maximum Gasteiger partial charge on any atom is 0.234 e. The fourth-order valence-electron chi connectivity index (χ4n) is 1.57. The Labute approximate surface area is 111 Å². The molecule has 0 fully saturated rings. The first kappa shape index (κ1) is 14.4. The lowest BCUT2D eigenvalue weighted by molar-refractivity contribution is -0.118. The van der Waals surface area contributed by atoms with E-state index in [0.29, 0.717) is 18.8 Å². The van der Waals surface area contributed by atoms with Crippen molar-refractivity contribution in [2.24, 2.45) is 5.18 Å². The van der Waals surface area contributed by atoms with Crippen molar-refractivity contribution < 1.29 is 4.79 Å². The molecule has 0 saturated heterocycles. The summed E-state index contributed by atoms with van der Waals surface area (Å²) in [5.74, 6) is -0.195. The molecule has 0 unspecified atom stereocenters. The first-order chi connectivity index (χ1) is 8.71. The lowest BCUT2D eigenvalue weighted by Crippen LogP contribution is -2.35. The highest BCUT2D eigenvalue weighted by Gasteiger charge is 2.05. The first-order valence-electron chi connectivity index (χ1n) is 5.72. The van der Waals surface area contributed by atoms with E-state index in [2.05, 4.69) is 15.4 Å². The van der Waals surface area contributed by atoms with Gasteiger partial charge < -0.3 is 10.2 Å². The molecular formula is C12H16ClN3O2. The molecule has 0 saturated carbocycles. The number of nitroso groups, excluding NO2 is 1. The van der Waals surface area contributed by atoms with Crippen LogP contribution in [0, 0.1) is 4.91 Å². The molecule has 18 heavy (non-hydrogen) atoms. The quantitative estimate of drug-likeness (QED) is 0.610. The number of anilines is 1. The molecule has 1 N–H and O–H groups in total. The molecule has 0 aliphatic rings. The van der Waals surface area contributed by atoms with Gasteiger partial charge in [-0.1, -0.05) is 0 Å². The van der Waals surface area contributed by atoms with Gasteiger partial charge in [0, 0.05) is 25.3 Å². The Kier molecular flexibility index (Phi) is 6.14. The second kappa shape index (κ2) is 7.66. The normalized spacial score (nSPS) is 9.89. The lowest BCUT2D eigenvalue weighted by Gasteiger charge is -2.23. The number of nitrogens with zero attached hydrogens (tertiary/aromatic N) is 2. The molecule has 6 heteroatoms. The van der Waals surface area contributed by atoms with Crippen molar-refractivity contribution >= 4 is 28.9 Å². The fourth-order valence-corrected chi connectivity index (χ4v) is 1.67. The zero-order valence-electron chi connectivity index (χ0n) is 10.2. The number of halogens is 1. The number of rotatable bonds is 7. The van der Waals surface area contributed by atoms with Gasteiger partial charge in [0.15, 0.2) is 0 Å². The van der Waals surface area contributed by atoms with Crippen LogP contribution in [0.3, 0.4) is 0 Å². The molecule has 0 aliphatic heterocycles. The molecule has 0 radical (unpaired) electrons. The van der Waals surface area contributed by atoms with Crippen LogP contribution in [0.1, 0.15) is 6.92 Å². The standard InChI is InChI=1S/C12H16ClN3O2/c1-2-16(8-7-14-12(17)9-13)11-5-3-10(15-18)4-6-11/h3-6H,2,7-9H2,1H3,(H,14,17). The summed E-state index contributed by atoms with van der Waals surface area (Å²) in [7, 11) is 0. The van der Waals surface area contributed by atoms with Gasteiger partial charge in [-0.25, -0.2) is 0 Å². The molecule has 98 valence electrons. The number of hydrogen-bond acceptors (Lipinski definition) is 4. The molecule has 1 rings (SSSR count). The van der Waals surface area contributed by atoms with Gasteiger partial charge in [-0.05, 0) is 36.4 Å². The van der Waals surface area contributed by atoms with Gasteiger partial charge in [-0.3, -0.25) is 4.79 Å². The Morgan fingerprint density at radius 2 is 2.06 bits per heavy atom. The Bertz CT molecular complexity index is 395. The summed E-state index contributed by atoms with van der Waals surface area (Å²) in [4.78, 5) is 23.4. The van der Waals surface area contributed by atoms with Crippen LogP contribution in [0.4, 0.5) is 11.4 Å². The van der Waals surface area contributed by atoms with E-state index in [-0.39, 0.29) is 11.8 Å². The third kappa shape index (κ3) is 4.33. The van der Waals surface area contributed by atoms with Crippen molar-refractivity contribution in [2.75, 3.05) is 30.4 Å². The van der Waals surface area contributed by atoms with Crippen LogP contribution in [0.25, 0.3) is 0 Å². The second-order valence-electron chi connectivity index (χ2n) is 3.67. The number of alkyl halides is 1. The fraction of sp³-hybridized carbons (Fsp3) is 0.417. The molecule has 0 atom stereocenters. The molecule has 1 amide bonds. The van der Waals surface area contributed by atoms with E-state index in [0.717, 1.165) is 12.2 Å². The Hall–Kier alpha value is -1.62. The number of amides is 1.